The molecule has 0 bridgehead atoms. The molecule has 0 aromatic heterocycles. The highest BCUT2D eigenvalue weighted by atomic mass is 32.2. The molecule has 8 nitrogen and oxygen atoms in total. The summed E-state index contributed by atoms with van der Waals surface area (Å²) in [6.07, 6.45) is 5.51. The van der Waals surface area contributed by atoms with Crippen LogP contribution in [-0.4, -0.2) is 39.9 Å². The summed E-state index contributed by atoms with van der Waals surface area (Å²) in [5.74, 6) is -0.700. The molecule has 2 aromatic carbocycles. The lowest BCUT2D eigenvalue weighted by atomic mass is 9.96. The number of methoxy groups -OCH3 is 1. The van der Waals surface area contributed by atoms with E-state index in [4.69, 9.17) is 4.74 Å². The van der Waals surface area contributed by atoms with Gasteiger partial charge >= 0.3 is 11.8 Å². The number of nitrogens with one attached hydrogen (secondary N) is 3. The maximum atomic E-state index is 12.6. The summed E-state index contributed by atoms with van der Waals surface area (Å²) in [6.45, 7) is 0.502. The van der Waals surface area contributed by atoms with Crippen molar-refractivity contribution in [1.82, 2.24) is 15.4 Å². The highest BCUT2D eigenvalue weighted by Gasteiger charge is 2.21. The van der Waals surface area contributed by atoms with E-state index in [9.17, 15) is 18.0 Å². The topological polar surface area (TPSA) is 114 Å². The van der Waals surface area contributed by atoms with E-state index in [-0.39, 0.29) is 24.0 Å². The van der Waals surface area contributed by atoms with Gasteiger partial charge in [0.15, 0.2) is 0 Å². The Morgan fingerprint density at radius 1 is 0.879 bits per heavy atom. The fourth-order valence-corrected chi connectivity index (χ4v) is 5.05. The number of amides is 2. The van der Waals surface area contributed by atoms with Crippen molar-refractivity contribution in [2.45, 2.75) is 56.0 Å². The molecule has 3 rings (SSSR count). The third-order valence-electron chi connectivity index (χ3n) is 5.68. The van der Waals surface area contributed by atoms with Crippen molar-refractivity contribution in [3.05, 3.63) is 59.7 Å². The number of ether oxygens (including phenoxy) is 1. The van der Waals surface area contributed by atoms with Crippen molar-refractivity contribution in [3.63, 3.8) is 0 Å². The lowest BCUT2D eigenvalue weighted by Gasteiger charge is -2.22. The van der Waals surface area contributed by atoms with Gasteiger partial charge in [-0.1, -0.05) is 43.5 Å². The van der Waals surface area contributed by atoms with Crippen LogP contribution in [0.4, 0.5) is 0 Å². The van der Waals surface area contributed by atoms with Crippen molar-refractivity contribution < 1.29 is 22.7 Å². The molecular formula is C24H31N3O5S. The average molecular weight is 474 g/mol. The van der Waals surface area contributed by atoms with Crippen LogP contribution in [0.15, 0.2) is 53.4 Å². The van der Waals surface area contributed by atoms with Gasteiger partial charge in [0.25, 0.3) is 0 Å². The molecule has 9 heteroatoms. The number of benzene rings is 2. The molecular weight excluding hydrogens is 442 g/mol. The first-order valence-electron chi connectivity index (χ1n) is 11.2. The summed E-state index contributed by atoms with van der Waals surface area (Å²) in [7, 11) is -1.96. The van der Waals surface area contributed by atoms with Gasteiger partial charge in [-0.25, -0.2) is 13.1 Å². The van der Waals surface area contributed by atoms with Crippen LogP contribution >= 0.6 is 0 Å². The van der Waals surface area contributed by atoms with Gasteiger partial charge in [0.1, 0.15) is 5.75 Å². The second-order valence-electron chi connectivity index (χ2n) is 8.14. The lowest BCUT2D eigenvalue weighted by molar-refractivity contribution is -0.139. The predicted octanol–water partition coefficient (Wildman–Crippen LogP) is 2.28. The Labute approximate surface area is 195 Å². The second-order valence-corrected chi connectivity index (χ2v) is 9.85. The van der Waals surface area contributed by atoms with Crippen LogP contribution in [0, 0.1) is 0 Å². The molecule has 0 radical (unpaired) electrons. The summed E-state index contributed by atoms with van der Waals surface area (Å²) in [5.41, 5.74) is 1.72. The van der Waals surface area contributed by atoms with E-state index in [2.05, 4.69) is 15.4 Å². The highest BCUT2D eigenvalue weighted by molar-refractivity contribution is 7.89. The van der Waals surface area contributed by atoms with Gasteiger partial charge in [0.2, 0.25) is 10.0 Å². The first-order valence-corrected chi connectivity index (χ1v) is 12.7. The maximum absolute atomic E-state index is 12.6. The SMILES string of the molecule is COc1ccc(CNC(=O)C(=O)NCCc2ccc(S(=O)(=O)NC3CCCCC3)cc2)cc1. The third-order valence-corrected chi connectivity index (χ3v) is 7.21. The first-order chi connectivity index (χ1) is 15.9. The van der Waals surface area contributed by atoms with Crippen LogP contribution in [0.5, 0.6) is 5.75 Å². The van der Waals surface area contributed by atoms with Crippen LogP contribution in [-0.2, 0) is 32.6 Å². The van der Waals surface area contributed by atoms with Crippen molar-refractivity contribution in [1.29, 1.82) is 0 Å². The molecule has 0 saturated heterocycles. The molecule has 1 aliphatic rings. The fraction of sp³-hybridized carbons (Fsp3) is 0.417. The Morgan fingerprint density at radius 2 is 1.48 bits per heavy atom. The predicted molar refractivity (Wildman–Crippen MR) is 125 cm³/mol. The van der Waals surface area contributed by atoms with Gasteiger partial charge in [0, 0.05) is 19.1 Å². The molecule has 0 heterocycles. The van der Waals surface area contributed by atoms with E-state index in [1.54, 1.807) is 43.5 Å². The van der Waals surface area contributed by atoms with E-state index < -0.39 is 21.8 Å². The molecule has 1 saturated carbocycles. The summed E-state index contributed by atoms with van der Waals surface area (Å²) < 4.78 is 33.0. The van der Waals surface area contributed by atoms with Gasteiger partial charge in [-0.15, -0.1) is 0 Å². The van der Waals surface area contributed by atoms with Crippen molar-refractivity contribution in [3.8, 4) is 5.75 Å². The zero-order valence-electron chi connectivity index (χ0n) is 18.8. The number of carbonyl (C=O) groups is 2. The Bertz CT molecular complexity index is 1030. The molecule has 33 heavy (non-hydrogen) atoms. The summed E-state index contributed by atoms with van der Waals surface area (Å²) in [6, 6.07) is 13.8. The molecule has 1 aliphatic carbocycles. The van der Waals surface area contributed by atoms with Gasteiger partial charge in [0.05, 0.1) is 12.0 Å². The smallest absolute Gasteiger partial charge is 0.309 e. The maximum Gasteiger partial charge on any atom is 0.309 e. The Morgan fingerprint density at radius 3 is 2.12 bits per heavy atom. The third kappa shape index (κ3) is 7.57. The van der Waals surface area contributed by atoms with Crippen molar-refractivity contribution in [2.24, 2.45) is 0 Å². The molecule has 0 atom stereocenters. The number of hydrogen-bond acceptors (Lipinski definition) is 5. The van der Waals surface area contributed by atoms with Crippen LogP contribution < -0.4 is 20.1 Å². The van der Waals surface area contributed by atoms with Gasteiger partial charge in [-0.2, -0.15) is 0 Å². The van der Waals surface area contributed by atoms with E-state index in [1.165, 1.54) is 0 Å². The largest absolute Gasteiger partial charge is 0.497 e. The lowest BCUT2D eigenvalue weighted by Crippen LogP contribution is -2.40. The van der Waals surface area contributed by atoms with E-state index >= 15 is 0 Å². The first kappa shape index (κ1) is 24.7. The Balaban J connectivity index is 1.41. The Hall–Kier alpha value is -2.91. The van der Waals surface area contributed by atoms with Crippen LogP contribution in [0.1, 0.15) is 43.2 Å². The molecule has 0 spiro atoms. The highest BCUT2D eigenvalue weighted by Crippen LogP contribution is 2.20. The normalized spacial score (nSPS) is 14.5. The summed E-state index contributed by atoms with van der Waals surface area (Å²) in [4.78, 5) is 24.2. The van der Waals surface area contributed by atoms with Crippen molar-refractivity contribution in [2.75, 3.05) is 13.7 Å². The number of rotatable bonds is 9. The summed E-state index contributed by atoms with van der Waals surface area (Å²) in [5, 5.41) is 5.16. The van der Waals surface area contributed by atoms with Gasteiger partial charge < -0.3 is 15.4 Å². The zero-order valence-corrected chi connectivity index (χ0v) is 19.6. The minimum Gasteiger partial charge on any atom is -0.497 e. The van der Waals surface area contributed by atoms with Crippen LogP contribution in [0.3, 0.4) is 0 Å². The Kier molecular flexibility index (Phi) is 8.85. The minimum absolute atomic E-state index is 0.00880. The fourth-order valence-electron chi connectivity index (χ4n) is 3.75. The summed E-state index contributed by atoms with van der Waals surface area (Å²) >= 11 is 0. The molecule has 2 amide bonds. The van der Waals surface area contributed by atoms with Crippen molar-refractivity contribution >= 4 is 21.8 Å². The van der Waals surface area contributed by atoms with E-state index in [0.717, 1.165) is 43.2 Å². The molecule has 1 fully saturated rings. The quantitative estimate of drug-likeness (QED) is 0.484. The molecule has 2 aromatic rings. The minimum atomic E-state index is -3.53. The average Bonchev–Trinajstić information content (AvgIpc) is 2.83. The van der Waals surface area contributed by atoms with Gasteiger partial charge in [-0.3, -0.25) is 9.59 Å². The molecule has 0 aliphatic heterocycles. The molecule has 178 valence electrons. The number of sulfonamides is 1. The standard InChI is InChI=1S/C24H31N3O5S/c1-32-21-11-7-19(8-12-21)17-26-24(29)23(28)25-16-15-18-9-13-22(14-10-18)33(30,31)27-20-5-3-2-4-6-20/h7-14,20,27H,2-6,15-17H2,1H3,(H,25,28)(H,26,29). The molecule has 0 unspecified atom stereocenters. The van der Waals surface area contributed by atoms with Crippen LogP contribution in [0.25, 0.3) is 0 Å². The molecule has 3 N–H and O–H groups in total. The van der Waals surface area contributed by atoms with Crippen LogP contribution in [0.2, 0.25) is 0 Å². The number of carbonyl (C=O) groups excluding carboxylic acids is 2. The van der Waals surface area contributed by atoms with E-state index in [0.29, 0.717) is 12.2 Å². The monoisotopic (exact) mass is 473 g/mol. The van der Waals surface area contributed by atoms with E-state index in [1.807, 2.05) is 12.1 Å². The number of hydrogen-bond donors (Lipinski definition) is 3. The zero-order chi connectivity index (χ0) is 23.7. The second kappa shape index (κ2) is 11.8. The van der Waals surface area contributed by atoms with Gasteiger partial charge in [-0.05, 0) is 54.7 Å².